The molecule has 0 bridgehead atoms. The van der Waals surface area contributed by atoms with Crippen molar-refractivity contribution in [2.75, 3.05) is 32.1 Å². The summed E-state index contributed by atoms with van der Waals surface area (Å²) in [5.41, 5.74) is 0.578. The Morgan fingerprint density at radius 1 is 1.15 bits per heavy atom. The predicted octanol–water partition coefficient (Wildman–Crippen LogP) is 0.327. The molecule has 0 saturated carbocycles. The van der Waals surface area contributed by atoms with Crippen LogP contribution in [0, 0.1) is 0 Å². The highest BCUT2D eigenvalue weighted by Gasteiger charge is 2.31. The summed E-state index contributed by atoms with van der Waals surface area (Å²) in [7, 11) is -2.81. The van der Waals surface area contributed by atoms with E-state index >= 15 is 0 Å². The minimum Gasteiger partial charge on any atom is -0.463 e. The average Bonchev–Trinajstić information content (AvgIpc) is 2.71. The fourth-order valence-electron chi connectivity index (χ4n) is 2.95. The van der Waals surface area contributed by atoms with E-state index in [1.165, 1.54) is 38.2 Å². The summed E-state index contributed by atoms with van der Waals surface area (Å²) < 4.78 is 36.3. The zero-order valence-corrected chi connectivity index (χ0v) is 19.4. The number of urea groups is 1. The molecule has 0 aliphatic carbocycles. The number of nitrogens with one attached hydrogen (secondary N) is 3. The van der Waals surface area contributed by atoms with Crippen LogP contribution in [0.4, 0.5) is 10.5 Å². The maximum Gasteiger partial charge on any atom is 0.338 e. The van der Waals surface area contributed by atoms with Gasteiger partial charge in [-0.3, -0.25) is 9.59 Å². The molecule has 0 aromatic heterocycles. The molecule has 0 saturated heterocycles. The van der Waals surface area contributed by atoms with Gasteiger partial charge in [0.2, 0.25) is 15.9 Å². The van der Waals surface area contributed by atoms with Gasteiger partial charge in [0.05, 0.1) is 28.8 Å². The Hall–Kier alpha value is -3.45. The van der Waals surface area contributed by atoms with Crippen molar-refractivity contribution in [1.29, 1.82) is 0 Å². The summed E-state index contributed by atoms with van der Waals surface area (Å²) in [6, 6.07) is 4.18. The Labute approximate surface area is 191 Å². The fraction of sp³-hybridized carbons (Fsp3) is 0.400. The zero-order valence-electron chi connectivity index (χ0n) is 18.6. The molecule has 1 aliphatic heterocycles. The van der Waals surface area contributed by atoms with Crippen molar-refractivity contribution < 1.29 is 37.1 Å². The molecule has 1 aliphatic rings. The van der Waals surface area contributed by atoms with E-state index in [1.54, 1.807) is 13.8 Å². The van der Waals surface area contributed by atoms with E-state index in [2.05, 4.69) is 16.0 Å². The quantitative estimate of drug-likeness (QED) is 0.424. The van der Waals surface area contributed by atoms with Gasteiger partial charge in [0.1, 0.15) is 13.2 Å². The van der Waals surface area contributed by atoms with Gasteiger partial charge >= 0.3 is 18.0 Å². The Morgan fingerprint density at radius 2 is 1.79 bits per heavy atom. The van der Waals surface area contributed by atoms with Crippen LogP contribution >= 0.6 is 0 Å². The normalized spacial score (nSPS) is 16.0. The van der Waals surface area contributed by atoms with Gasteiger partial charge in [-0.2, -0.15) is 4.31 Å². The minimum atomic E-state index is -4.02. The van der Waals surface area contributed by atoms with Crippen LogP contribution in [0.15, 0.2) is 40.4 Å². The molecule has 3 amide bonds. The summed E-state index contributed by atoms with van der Waals surface area (Å²) in [5, 5.41) is 7.45. The van der Waals surface area contributed by atoms with Crippen molar-refractivity contribution in [3.05, 3.63) is 35.5 Å². The lowest BCUT2D eigenvalue weighted by molar-refractivity contribution is -0.143. The van der Waals surface area contributed by atoms with Crippen molar-refractivity contribution >= 4 is 39.6 Å². The molecule has 0 fully saturated rings. The highest BCUT2D eigenvalue weighted by atomic mass is 32.2. The molecule has 1 aromatic carbocycles. The van der Waals surface area contributed by atoms with Gasteiger partial charge in [0, 0.05) is 19.7 Å². The van der Waals surface area contributed by atoms with E-state index in [0.29, 0.717) is 5.69 Å². The second kappa shape index (κ2) is 10.9. The largest absolute Gasteiger partial charge is 0.463 e. The van der Waals surface area contributed by atoms with Crippen LogP contribution < -0.4 is 16.0 Å². The van der Waals surface area contributed by atoms with Crippen LogP contribution in [-0.4, -0.2) is 69.4 Å². The first-order valence-electron chi connectivity index (χ1n) is 9.93. The van der Waals surface area contributed by atoms with Gasteiger partial charge < -0.3 is 25.4 Å². The maximum absolute atomic E-state index is 12.7. The first-order valence-corrected chi connectivity index (χ1v) is 11.4. The molecule has 1 unspecified atom stereocenters. The second-order valence-corrected chi connectivity index (χ2v) is 9.11. The lowest BCUT2D eigenvalue weighted by atomic mass is 10.0. The molecule has 12 nitrogen and oxygen atoms in total. The number of likely N-dealkylation sites (N-methyl/N-ethyl adjacent to an activating group) is 1. The summed E-state index contributed by atoms with van der Waals surface area (Å²) in [5.74, 6) is -1.87. The number of carbonyl (C=O) groups excluding carboxylic acids is 4. The number of esters is 2. The summed E-state index contributed by atoms with van der Waals surface area (Å²) >= 11 is 0. The predicted molar refractivity (Wildman–Crippen MR) is 116 cm³/mol. The van der Waals surface area contributed by atoms with Crippen molar-refractivity contribution in [2.24, 2.45) is 0 Å². The first kappa shape index (κ1) is 25.8. The lowest BCUT2D eigenvalue weighted by Gasteiger charge is -2.26. The molecule has 1 aromatic rings. The van der Waals surface area contributed by atoms with Gasteiger partial charge in [0.15, 0.2) is 0 Å². The number of hydrogen-bond donors (Lipinski definition) is 3. The van der Waals surface area contributed by atoms with E-state index in [4.69, 9.17) is 9.47 Å². The minimum absolute atomic E-state index is 0.0529. The Balaban J connectivity index is 2.06. The molecule has 180 valence electrons. The SMILES string of the molecule is CCOC(=O)C1=C(COC(=O)CN(C)S(=O)(=O)c2ccc(NC(C)=O)cc2)NC(=O)NC1C. The van der Waals surface area contributed by atoms with Gasteiger partial charge in [-0.05, 0) is 38.1 Å². The highest BCUT2D eigenvalue weighted by molar-refractivity contribution is 7.89. The number of nitrogens with zero attached hydrogens (tertiary/aromatic N) is 1. The van der Waals surface area contributed by atoms with Crippen molar-refractivity contribution in [3.8, 4) is 0 Å². The van der Waals surface area contributed by atoms with Gasteiger partial charge in [-0.1, -0.05) is 0 Å². The van der Waals surface area contributed by atoms with E-state index in [9.17, 15) is 27.6 Å². The average molecular weight is 483 g/mol. The lowest BCUT2D eigenvalue weighted by Crippen LogP contribution is -2.50. The standard InChI is InChI=1S/C20H26N4O8S/c1-5-31-19(27)18-12(2)21-20(28)23-16(18)11-32-17(26)10-24(4)33(29,30)15-8-6-14(7-9-15)22-13(3)25/h6-9,12H,5,10-11H2,1-4H3,(H,22,25)(H2,21,23,28). The number of rotatable bonds is 9. The first-order chi connectivity index (χ1) is 15.4. The second-order valence-electron chi connectivity index (χ2n) is 7.06. The number of ether oxygens (including phenoxy) is 2. The molecule has 1 atom stereocenters. The van der Waals surface area contributed by atoms with Crippen molar-refractivity contribution in [3.63, 3.8) is 0 Å². The number of sulfonamides is 1. The Kier molecular flexibility index (Phi) is 8.54. The van der Waals surface area contributed by atoms with E-state index < -0.39 is 47.2 Å². The van der Waals surface area contributed by atoms with E-state index in [1.807, 2.05) is 0 Å². The number of benzene rings is 1. The van der Waals surface area contributed by atoms with Crippen LogP contribution in [0.2, 0.25) is 0 Å². The third-order valence-electron chi connectivity index (χ3n) is 4.48. The molecule has 1 heterocycles. The summed E-state index contributed by atoms with van der Waals surface area (Å²) in [6.45, 7) is 3.57. The molecule has 2 rings (SSSR count). The maximum atomic E-state index is 12.7. The molecule has 13 heteroatoms. The number of anilines is 1. The topological polar surface area (TPSA) is 160 Å². The van der Waals surface area contributed by atoms with Gasteiger partial charge in [0.25, 0.3) is 0 Å². The third-order valence-corrected chi connectivity index (χ3v) is 6.30. The highest BCUT2D eigenvalue weighted by Crippen LogP contribution is 2.18. The summed E-state index contributed by atoms with van der Waals surface area (Å²) in [4.78, 5) is 47.2. The zero-order chi connectivity index (χ0) is 24.8. The molecule has 0 spiro atoms. The van der Waals surface area contributed by atoms with Crippen LogP contribution in [0.5, 0.6) is 0 Å². The fourth-order valence-corrected chi connectivity index (χ4v) is 4.07. The van der Waals surface area contributed by atoms with E-state index in [-0.39, 0.29) is 28.7 Å². The van der Waals surface area contributed by atoms with Crippen molar-refractivity contribution in [2.45, 2.75) is 31.7 Å². The van der Waals surface area contributed by atoms with Crippen LogP contribution in [0.25, 0.3) is 0 Å². The van der Waals surface area contributed by atoms with Crippen LogP contribution in [-0.2, 0) is 33.9 Å². The summed E-state index contributed by atoms with van der Waals surface area (Å²) in [6.07, 6.45) is 0. The molecule has 3 N–H and O–H groups in total. The smallest absolute Gasteiger partial charge is 0.338 e. The van der Waals surface area contributed by atoms with Gasteiger partial charge in [-0.25, -0.2) is 18.0 Å². The Bertz CT molecular complexity index is 1070. The molecular weight excluding hydrogens is 456 g/mol. The Morgan fingerprint density at radius 3 is 2.36 bits per heavy atom. The third kappa shape index (κ3) is 6.76. The monoisotopic (exact) mass is 482 g/mol. The van der Waals surface area contributed by atoms with Crippen LogP contribution in [0.3, 0.4) is 0 Å². The van der Waals surface area contributed by atoms with Crippen molar-refractivity contribution in [1.82, 2.24) is 14.9 Å². The van der Waals surface area contributed by atoms with Gasteiger partial charge in [-0.15, -0.1) is 0 Å². The van der Waals surface area contributed by atoms with E-state index in [0.717, 1.165) is 4.31 Å². The number of amides is 3. The molecule has 33 heavy (non-hydrogen) atoms. The number of hydrogen-bond acceptors (Lipinski definition) is 8. The molecule has 0 radical (unpaired) electrons. The number of carbonyl (C=O) groups is 4. The van der Waals surface area contributed by atoms with Crippen LogP contribution in [0.1, 0.15) is 20.8 Å². The molecular formula is C20H26N4O8S.